The zero-order valence-electron chi connectivity index (χ0n) is 10.6. The standard InChI is InChI=1S/C13H16ClNO3/c1-8-4-10(6-11(14)5-8)12(16)15(3)7-9(2)13(17)18/h4-6,9H,7H2,1-3H3,(H,17,18). The Morgan fingerprint density at radius 1 is 1.39 bits per heavy atom. The average molecular weight is 270 g/mol. The minimum atomic E-state index is -0.920. The van der Waals surface area contributed by atoms with Gasteiger partial charge in [0.25, 0.3) is 5.91 Å². The molecule has 1 atom stereocenters. The monoisotopic (exact) mass is 269 g/mol. The number of aliphatic carboxylic acids is 1. The lowest BCUT2D eigenvalue weighted by molar-refractivity contribution is -0.141. The van der Waals surface area contributed by atoms with Crippen molar-refractivity contribution in [2.45, 2.75) is 13.8 Å². The average Bonchev–Trinajstić information content (AvgIpc) is 2.26. The van der Waals surface area contributed by atoms with Crippen LogP contribution in [0, 0.1) is 12.8 Å². The van der Waals surface area contributed by atoms with Gasteiger partial charge in [0.2, 0.25) is 0 Å². The van der Waals surface area contributed by atoms with Crippen molar-refractivity contribution in [3.63, 3.8) is 0 Å². The van der Waals surface area contributed by atoms with Gasteiger partial charge in [-0.25, -0.2) is 0 Å². The number of benzene rings is 1. The number of amides is 1. The summed E-state index contributed by atoms with van der Waals surface area (Å²) in [4.78, 5) is 24.2. The molecule has 4 nitrogen and oxygen atoms in total. The first-order valence-electron chi connectivity index (χ1n) is 5.56. The number of nitrogens with zero attached hydrogens (tertiary/aromatic N) is 1. The maximum atomic E-state index is 12.1. The van der Waals surface area contributed by atoms with E-state index in [9.17, 15) is 9.59 Å². The molecule has 0 saturated carbocycles. The largest absolute Gasteiger partial charge is 0.481 e. The summed E-state index contributed by atoms with van der Waals surface area (Å²) in [5, 5.41) is 9.31. The van der Waals surface area contributed by atoms with Crippen LogP contribution in [0.15, 0.2) is 18.2 Å². The Morgan fingerprint density at radius 3 is 2.50 bits per heavy atom. The normalized spacial score (nSPS) is 12.0. The van der Waals surface area contributed by atoms with Crippen LogP contribution in [0.25, 0.3) is 0 Å². The molecule has 1 amide bonds. The highest BCUT2D eigenvalue weighted by molar-refractivity contribution is 6.31. The second-order valence-corrected chi connectivity index (χ2v) is 4.88. The molecule has 0 heterocycles. The predicted molar refractivity (Wildman–Crippen MR) is 69.9 cm³/mol. The predicted octanol–water partition coefficient (Wildman–Crippen LogP) is 2.44. The van der Waals surface area contributed by atoms with Gasteiger partial charge in [0.15, 0.2) is 0 Å². The Hall–Kier alpha value is -1.55. The van der Waals surface area contributed by atoms with Crippen LogP contribution >= 0.6 is 11.6 Å². The Labute approximate surface area is 111 Å². The summed E-state index contributed by atoms with van der Waals surface area (Å²) in [6.07, 6.45) is 0. The van der Waals surface area contributed by atoms with E-state index in [1.54, 1.807) is 32.2 Å². The van der Waals surface area contributed by atoms with E-state index in [0.29, 0.717) is 10.6 Å². The summed E-state index contributed by atoms with van der Waals surface area (Å²) in [5.74, 6) is -1.75. The summed E-state index contributed by atoms with van der Waals surface area (Å²) in [6.45, 7) is 3.58. The van der Waals surface area contributed by atoms with Crippen LogP contribution in [0.4, 0.5) is 0 Å². The molecule has 1 N–H and O–H groups in total. The van der Waals surface area contributed by atoms with Crippen molar-refractivity contribution in [1.82, 2.24) is 4.90 Å². The van der Waals surface area contributed by atoms with Gasteiger partial charge in [0.1, 0.15) is 0 Å². The Kier molecular flexibility index (Phi) is 4.73. The van der Waals surface area contributed by atoms with Gasteiger partial charge < -0.3 is 10.0 Å². The number of rotatable bonds is 4. The number of hydrogen-bond donors (Lipinski definition) is 1. The highest BCUT2D eigenvalue weighted by Crippen LogP contribution is 2.16. The first kappa shape index (κ1) is 14.5. The Balaban J connectivity index is 2.83. The minimum Gasteiger partial charge on any atom is -0.481 e. The fraction of sp³-hybridized carbons (Fsp3) is 0.385. The fourth-order valence-corrected chi connectivity index (χ4v) is 1.94. The van der Waals surface area contributed by atoms with Crippen LogP contribution in [0.1, 0.15) is 22.8 Å². The van der Waals surface area contributed by atoms with E-state index in [1.165, 1.54) is 4.90 Å². The van der Waals surface area contributed by atoms with Crippen LogP contribution in [-0.2, 0) is 4.79 Å². The summed E-state index contributed by atoms with van der Waals surface area (Å²) in [6, 6.07) is 5.08. The lowest BCUT2D eigenvalue weighted by Gasteiger charge is -2.19. The van der Waals surface area contributed by atoms with Crippen LogP contribution < -0.4 is 0 Å². The van der Waals surface area contributed by atoms with Crippen LogP contribution in [-0.4, -0.2) is 35.5 Å². The van der Waals surface area contributed by atoms with Crippen molar-refractivity contribution in [2.24, 2.45) is 5.92 Å². The number of carbonyl (C=O) groups excluding carboxylic acids is 1. The van der Waals surface area contributed by atoms with Crippen molar-refractivity contribution >= 4 is 23.5 Å². The first-order chi connectivity index (χ1) is 8.31. The lowest BCUT2D eigenvalue weighted by atomic mass is 10.1. The van der Waals surface area contributed by atoms with Crippen molar-refractivity contribution < 1.29 is 14.7 Å². The molecule has 0 aromatic heterocycles. The second-order valence-electron chi connectivity index (χ2n) is 4.44. The molecule has 1 aromatic carbocycles. The van der Waals surface area contributed by atoms with Gasteiger partial charge in [-0.3, -0.25) is 9.59 Å². The van der Waals surface area contributed by atoms with Gasteiger partial charge in [0.05, 0.1) is 5.92 Å². The number of halogens is 1. The molecule has 0 fully saturated rings. The molecule has 18 heavy (non-hydrogen) atoms. The number of carboxylic acids is 1. The van der Waals surface area contributed by atoms with Crippen LogP contribution in [0.3, 0.4) is 0 Å². The molecule has 1 aromatic rings. The van der Waals surface area contributed by atoms with Crippen LogP contribution in [0.2, 0.25) is 5.02 Å². The molecule has 0 bridgehead atoms. The van der Waals surface area contributed by atoms with Gasteiger partial charge in [-0.15, -0.1) is 0 Å². The van der Waals surface area contributed by atoms with Gasteiger partial charge >= 0.3 is 5.97 Å². The van der Waals surface area contributed by atoms with E-state index < -0.39 is 11.9 Å². The number of hydrogen-bond acceptors (Lipinski definition) is 2. The Bertz CT molecular complexity index is 453. The van der Waals surface area contributed by atoms with E-state index in [1.807, 2.05) is 6.92 Å². The molecular formula is C13H16ClNO3. The molecular weight excluding hydrogens is 254 g/mol. The highest BCUT2D eigenvalue weighted by Gasteiger charge is 2.18. The maximum Gasteiger partial charge on any atom is 0.308 e. The zero-order valence-corrected chi connectivity index (χ0v) is 11.4. The van der Waals surface area contributed by atoms with Crippen molar-refractivity contribution in [3.05, 3.63) is 34.3 Å². The van der Waals surface area contributed by atoms with Gasteiger partial charge in [0, 0.05) is 24.2 Å². The third-order valence-electron chi connectivity index (χ3n) is 2.61. The number of aryl methyl sites for hydroxylation is 1. The highest BCUT2D eigenvalue weighted by atomic mass is 35.5. The third-order valence-corrected chi connectivity index (χ3v) is 2.82. The van der Waals surface area contributed by atoms with Crippen molar-refractivity contribution in [3.8, 4) is 0 Å². The summed E-state index contributed by atoms with van der Waals surface area (Å²) in [5.41, 5.74) is 1.37. The first-order valence-corrected chi connectivity index (χ1v) is 5.94. The molecule has 98 valence electrons. The molecule has 0 aliphatic heterocycles. The van der Waals surface area contributed by atoms with Gasteiger partial charge in [-0.05, 0) is 30.7 Å². The van der Waals surface area contributed by atoms with E-state index >= 15 is 0 Å². The molecule has 1 rings (SSSR count). The van der Waals surface area contributed by atoms with E-state index in [0.717, 1.165) is 5.56 Å². The molecule has 5 heteroatoms. The topological polar surface area (TPSA) is 57.6 Å². The van der Waals surface area contributed by atoms with E-state index in [2.05, 4.69) is 0 Å². The van der Waals surface area contributed by atoms with Gasteiger partial charge in [-0.2, -0.15) is 0 Å². The minimum absolute atomic E-state index is 0.166. The number of carbonyl (C=O) groups is 2. The van der Waals surface area contributed by atoms with Crippen molar-refractivity contribution in [1.29, 1.82) is 0 Å². The third kappa shape index (κ3) is 3.74. The number of carboxylic acid groups (broad SMARTS) is 1. The maximum absolute atomic E-state index is 12.1. The SMILES string of the molecule is Cc1cc(Cl)cc(C(=O)N(C)CC(C)C(=O)O)c1. The molecule has 0 saturated heterocycles. The summed E-state index contributed by atoms with van der Waals surface area (Å²) < 4.78 is 0. The smallest absolute Gasteiger partial charge is 0.308 e. The fourth-order valence-electron chi connectivity index (χ4n) is 1.65. The quantitative estimate of drug-likeness (QED) is 0.913. The summed E-state index contributed by atoms with van der Waals surface area (Å²) in [7, 11) is 1.58. The van der Waals surface area contributed by atoms with E-state index in [-0.39, 0.29) is 12.5 Å². The molecule has 1 unspecified atom stereocenters. The summed E-state index contributed by atoms with van der Waals surface area (Å²) >= 11 is 5.89. The molecule has 0 spiro atoms. The Morgan fingerprint density at radius 2 is 2.00 bits per heavy atom. The van der Waals surface area contributed by atoms with Crippen molar-refractivity contribution in [2.75, 3.05) is 13.6 Å². The molecule has 0 aliphatic carbocycles. The second kappa shape index (κ2) is 5.87. The zero-order chi connectivity index (χ0) is 13.9. The van der Waals surface area contributed by atoms with E-state index in [4.69, 9.17) is 16.7 Å². The lowest BCUT2D eigenvalue weighted by Crippen LogP contribution is -2.33. The van der Waals surface area contributed by atoms with Crippen LogP contribution in [0.5, 0.6) is 0 Å². The van der Waals surface area contributed by atoms with Gasteiger partial charge in [-0.1, -0.05) is 18.5 Å². The molecule has 0 radical (unpaired) electrons. The molecule has 0 aliphatic rings.